The van der Waals surface area contributed by atoms with Crippen molar-refractivity contribution in [1.82, 2.24) is 14.9 Å². The summed E-state index contributed by atoms with van der Waals surface area (Å²) in [5, 5.41) is 3.07. The number of unbranched alkanes of at least 4 members (excludes halogenated alkanes) is 2. The van der Waals surface area contributed by atoms with Crippen molar-refractivity contribution in [3.05, 3.63) is 95.3 Å². The van der Waals surface area contributed by atoms with Crippen molar-refractivity contribution in [2.75, 3.05) is 13.2 Å². The molecule has 5 nitrogen and oxygen atoms in total. The average molecular weight is 498 g/mol. The molecule has 1 heterocycles. The van der Waals surface area contributed by atoms with Crippen LogP contribution in [0.4, 0.5) is 0 Å². The number of carbonyl (C=O) groups excluding carboxylic acids is 1. The molecule has 0 aliphatic carbocycles. The lowest BCUT2D eigenvalue weighted by Gasteiger charge is -2.12. The molecular weight excluding hydrogens is 458 g/mol. The highest BCUT2D eigenvalue weighted by atomic mass is 16.5. The number of nitrogens with one attached hydrogen (secondary N) is 1. The molecule has 0 saturated heterocycles. The first-order chi connectivity index (χ1) is 18.1. The van der Waals surface area contributed by atoms with Crippen LogP contribution in [0, 0.1) is 13.8 Å². The maximum absolute atomic E-state index is 12.1. The van der Waals surface area contributed by atoms with Gasteiger partial charge in [0.05, 0.1) is 17.6 Å². The molecule has 0 saturated carbocycles. The molecule has 1 aromatic heterocycles. The number of imidazole rings is 1. The third-order valence-corrected chi connectivity index (χ3v) is 6.74. The second-order valence-electron chi connectivity index (χ2n) is 9.79. The average Bonchev–Trinajstić information content (AvgIpc) is 3.27. The van der Waals surface area contributed by atoms with Gasteiger partial charge in [0.15, 0.2) is 0 Å². The van der Waals surface area contributed by atoms with Crippen LogP contribution in [0.3, 0.4) is 0 Å². The van der Waals surface area contributed by atoms with Crippen molar-refractivity contribution in [3.63, 3.8) is 0 Å². The molecule has 194 valence electrons. The molecule has 1 amide bonds. The number of fused-ring (bicyclic) bond motifs is 1. The van der Waals surface area contributed by atoms with E-state index in [1.54, 1.807) is 0 Å². The highest BCUT2D eigenvalue weighted by molar-refractivity contribution is 5.76. The van der Waals surface area contributed by atoms with Crippen LogP contribution < -0.4 is 10.1 Å². The molecule has 0 radical (unpaired) electrons. The second-order valence-corrected chi connectivity index (χ2v) is 9.79. The van der Waals surface area contributed by atoms with E-state index in [-0.39, 0.29) is 5.91 Å². The summed E-state index contributed by atoms with van der Waals surface area (Å²) in [5.74, 6) is 2.25. The summed E-state index contributed by atoms with van der Waals surface area (Å²) in [4.78, 5) is 17.1. The zero-order chi connectivity index (χ0) is 25.9. The molecule has 4 aromatic rings. The van der Waals surface area contributed by atoms with Gasteiger partial charge in [-0.2, -0.15) is 0 Å². The molecule has 4 rings (SSSR count). The fraction of sp³-hybridized carbons (Fsp3) is 0.375. The predicted molar refractivity (Wildman–Crippen MR) is 151 cm³/mol. The third-order valence-electron chi connectivity index (χ3n) is 6.74. The van der Waals surface area contributed by atoms with E-state index in [1.807, 2.05) is 24.3 Å². The molecule has 0 atom stereocenters. The Kier molecular flexibility index (Phi) is 9.75. The fourth-order valence-electron chi connectivity index (χ4n) is 4.64. The molecule has 3 aromatic carbocycles. The van der Waals surface area contributed by atoms with Crippen LogP contribution in [0.25, 0.3) is 11.0 Å². The third kappa shape index (κ3) is 7.94. The monoisotopic (exact) mass is 497 g/mol. The van der Waals surface area contributed by atoms with E-state index in [4.69, 9.17) is 9.72 Å². The maximum Gasteiger partial charge on any atom is 0.220 e. The van der Waals surface area contributed by atoms with Crippen LogP contribution in [-0.2, 0) is 24.2 Å². The number of ether oxygens (including phenoxy) is 1. The first kappa shape index (κ1) is 26.5. The summed E-state index contributed by atoms with van der Waals surface area (Å²) in [5.41, 5.74) is 5.84. The zero-order valence-electron chi connectivity index (χ0n) is 22.2. The van der Waals surface area contributed by atoms with Gasteiger partial charge in [0.1, 0.15) is 11.6 Å². The first-order valence-corrected chi connectivity index (χ1v) is 13.5. The molecule has 0 bridgehead atoms. The molecule has 1 N–H and O–H groups in total. The van der Waals surface area contributed by atoms with Crippen molar-refractivity contribution < 1.29 is 9.53 Å². The second kappa shape index (κ2) is 13.6. The summed E-state index contributed by atoms with van der Waals surface area (Å²) in [6, 6.07) is 24.9. The number of hydrogen-bond donors (Lipinski definition) is 1. The highest BCUT2D eigenvalue weighted by Crippen LogP contribution is 2.21. The lowest BCUT2D eigenvalue weighted by atomic mass is 10.1. The molecule has 0 fully saturated rings. The topological polar surface area (TPSA) is 56.1 Å². The minimum atomic E-state index is 0.133. The van der Waals surface area contributed by atoms with E-state index in [9.17, 15) is 4.79 Å². The molecular formula is C32H39N3O2. The SMILES string of the molecule is Cc1ccc(C)c(OCCCn2c(CCCCCNC(=O)CCc3ccccc3)nc3ccccc32)c1. The van der Waals surface area contributed by atoms with Gasteiger partial charge in [0, 0.05) is 25.9 Å². The molecule has 0 aliphatic rings. The Labute approximate surface area is 220 Å². The summed E-state index contributed by atoms with van der Waals surface area (Å²) in [6.45, 7) is 6.49. The first-order valence-electron chi connectivity index (χ1n) is 13.5. The Morgan fingerprint density at radius 3 is 2.57 bits per heavy atom. The van der Waals surface area contributed by atoms with E-state index in [1.165, 1.54) is 22.2 Å². The highest BCUT2D eigenvalue weighted by Gasteiger charge is 2.10. The van der Waals surface area contributed by atoms with E-state index in [0.717, 1.165) is 68.7 Å². The number of amides is 1. The van der Waals surface area contributed by atoms with E-state index >= 15 is 0 Å². The molecule has 37 heavy (non-hydrogen) atoms. The van der Waals surface area contributed by atoms with Crippen LogP contribution in [0.2, 0.25) is 0 Å². The largest absolute Gasteiger partial charge is 0.493 e. The lowest BCUT2D eigenvalue weighted by Crippen LogP contribution is -2.24. The number of nitrogens with zero attached hydrogens (tertiary/aromatic N) is 2. The number of benzene rings is 3. The summed E-state index contributed by atoms with van der Waals surface area (Å²) >= 11 is 0. The van der Waals surface area contributed by atoms with Crippen LogP contribution in [-0.4, -0.2) is 28.6 Å². The van der Waals surface area contributed by atoms with Crippen molar-refractivity contribution >= 4 is 16.9 Å². The minimum absolute atomic E-state index is 0.133. The van der Waals surface area contributed by atoms with E-state index < -0.39 is 0 Å². The van der Waals surface area contributed by atoms with Crippen LogP contribution in [0.1, 0.15) is 54.6 Å². The molecule has 0 spiro atoms. The minimum Gasteiger partial charge on any atom is -0.493 e. The van der Waals surface area contributed by atoms with Gasteiger partial charge in [-0.25, -0.2) is 4.98 Å². The van der Waals surface area contributed by atoms with Crippen molar-refractivity contribution in [1.29, 1.82) is 0 Å². The smallest absolute Gasteiger partial charge is 0.220 e. The number of hydrogen-bond acceptors (Lipinski definition) is 3. The van der Waals surface area contributed by atoms with Gasteiger partial charge in [-0.05, 0) is 74.4 Å². The Hall–Kier alpha value is -3.60. The van der Waals surface area contributed by atoms with E-state index in [2.05, 4.69) is 72.3 Å². The quantitative estimate of drug-likeness (QED) is 0.200. The lowest BCUT2D eigenvalue weighted by molar-refractivity contribution is -0.121. The number of carbonyl (C=O) groups is 1. The predicted octanol–water partition coefficient (Wildman–Crippen LogP) is 6.58. The van der Waals surface area contributed by atoms with Gasteiger partial charge < -0.3 is 14.6 Å². The van der Waals surface area contributed by atoms with Crippen LogP contribution in [0.5, 0.6) is 5.75 Å². The van der Waals surface area contributed by atoms with Gasteiger partial charge in [0.25, 0.3) is 0 Å². The van der Waals surface area contributed by atoms with Gasteiger partial charge >= 0.3 is 0 Å². The van der Waals surface area contributed by atoms with E-state index in [0.29, 0.717) is 13.0 Å². The molecule has 5 heteroatoms. The van der Waals surface area contributed by atoms with Crippen LogP contribution in [0.15, 0.2) is 72.8 Å². The van der Waals surface area contributed by atoms with Crippen molar-refractivity contribution in [3.8, 4) is 5.75 Å². The molecule has 0 aliphatic heterocycles. The Bertz CT molecular complexity index is 1280. The zero-order valence-corrected chi connectivity index (χ0v) is 22.2. The number of aromatic nitrogens is 2. The van der Waals surface area contributed by atoms with Crippen molar-refractivity contribution in [2.45, 2.75) is 65.3 Å². The number of rotatable bonds is 14. The normalized spacial score (nSPS) is 11.1. The molecule has 0 unspecified atom stereocenters. The van der Waals surface area contributed by atoms with Crippen LogP contribution >= 0.6 is 0 Å². The fourth-order valence-corrected chi connectivity index (χ4v) is 4.64. The maximum atomic E-state index is 12.1. The Morgan fingerprint density at radius 2 is 1.70 bits per heavy atom. The van der Waals surface area contributed by atoms with Gasteiger partial charge in [-0.3, -0.25) is 4.79 Å². The number of para-hydroxylation sites is 2. The summed E-state index contributed by atoms with van der Waals surface area (Å²) in [7, 11) is 0. The van der Waals surface area contributed by atoms with Gasteiger partial charge in [0.2, 0.25) is 5.91 Å². The Balaban J connectivity index is 1.20. The number of aryl methyl sites for hydroxylation is 5. The van der Waals surface area contributed by atoms with Gasteiger partial charge in [-0.1, -0.05) is 61.0 Å². The summed E-state index contributed by atoms with van der Waals surface area (Å²) in [6.07, 6.45) is 6.31. The summed E-state index contributed by atoms with van der Waals surface area (Å²) < 4.78 is 8.44. The Morgan fingerprint density at radius 1 is 0.892 bits per heavy atom. The standard InChI is InChI=1S/C32H39N3O2/c1-25-17-18-26(2)30(24-25)37-23-11-22-35-29-15-9-8-14-28(29)34-31(35)16-7-4-10-21-33-32(36)20-19-27-12-5-3-6-13-27/h3,5-6,8-9,12-15,17-18,24H,4,7,10-11,16,19-23H2,1-2H3,(H,33,36). The van der Waals surface area contributed by atoms with Gasteiger partial charge in [-0.15, -0.1) is 0 Å². The van der Waals surface area contributed by atoms with Crippen molar-refractivity contribution in [2.24, 2.45) is 0 Å².